The summed E-state index contributed by atoms with van der Waals surface area (Å²) < 4.78 is 6.49. The van der Waals surface area contributed by atoms with E-state index in [4.69, 9.17) is 4.74 Å². The van der Waals surface area contributed by atoms with Gasteiger partial charge in [0.05, 0.1) is 12.3 Å². The van der Waals surface area contributed by atoms with Crippen LogP contribution in [0.25, 0.3) is 11.3 Å². The number of hydrogen-bond donors (Lipinski definition) is 1. The predicted octanol–water partition coefficient (Wildman–Crippen LogP) is 3.18. The van der Waals surface area contributed by atoms with Crippen molar-refractivity contribution in [1.82, 2.24) is 9.78 Å². The first-order valence-electron chi connectivity index (χ1n) is 7.23. The lowest BCUT2D eigenvalue weighted by atomic mass is 10.2. The molecule has 1 heterocycles. The Bertz CT molecular complexity index is 742. The highest BCUT2D eigenvalue weighted by Gasteiger charge is 2.13. The van der Waals surface area contributed by atoms with Crippen molar-refractivity contribution < 1.29 is 14.6 Å². The summed E-state index contributed by atoms with van der Waals surface area (Å²) in [6.07, 6.45) is 1.29. The minimum atomic E-state index is -0.610. The molecule has 1 aromatic carbocycles. The van der Waals surface area contributed by atoms with Crippen LogP contribution in [0.4, 0.5) is 5.82 Å². The summed E-state index contributed by atoms with van der Waals surface area (Å²) in [5, 5.41) is 14.0. The van der Waals surface area contributed by atoms with Gasteiger partial charge in [-0.3, -0.25) is 4.68 Å². The van der Waals surface area contributed by atoms with E-state index in [2.05, 4.69) is 10.1 Å². The Labute approximate surface area is 134 Å². The van der Waals surface area contributed by atoms with Gasteiger partial charge in [0.15, 0.2) is 5.82 Å². The molecule has 2 rings (SSSR count). The molecule has 0 bridgehead atoms. The maximum Gasteiger partial charge on any atom is 0.343 e. The van der Waals surface area contributed by atoms with E-state index < -0.39 is 5.97 Å². The number of rotatable bonds is 5. The van der Waals surface area contributed by atoms with E-state index in [1.54, 1.807) is 24.7 Å². The zero-order chi connectivity index (χ0) is 16.8. The summed E-state index contributed by atoms with van der Waals surface area (Å²) >= 11 is 0. The van der Waals surface area contributed by atoms with Crippen LogP contribution in [-0.2, 0) is 16.6 Å². The number of benzene rings is 1. The van der Waals surface area contributed by atoms with Gasteiger partial charge in [-0.15, -0.1) is 0 Å². The topological polar surface area (TPSA) is 76.7 Å². The van der Waals surface area contributed by atoms with Gasteiger partial charge in [0, 0.05) is 24.9 Å². The number of ether oxygens (including phenoxy) is 1. The fraction of sp³-hybridized carbons (Fsp3) is 0.235. The van der Waals surface area contributed by atoms with E-state index in [0.29, 0.717) is 5.82 Å². The molecule has 0 unspecified atom stereocenters. The van der Waals surface area contributed by atoms with E-state index in [-0.39, 0.29) is 17.9 Å². The lowest BCUT2D eigenvalue weighted by molar-refractivity contribution is -0.138. The molecule has 0 aliphatic rings. The molecule has 120 valence electrons. The second-order valence-corrected chi connectivity index (χ2v) is 4.86. The maximum absolute atomic E-state index is 11.8. The van der Waals surface area contributed by atoms with E-state index in [9.17, 15) is 9.90 Å². The van der Waals surface area contributed by atoms with Crippen LogP contribution < -0.4 is 0 Å². The maximum atomic E-state index is 11.8. The Balaban J connectivity index is 2.28. The van der Waals surface area contributed by atoms with Gasteiger partial charge in [-0.2, -0.15) is 5.10 Å². The van der Waals surface area contributed by atoms with Crippen molar-refractivity contribution in [2.75, 3.05) is 6.61 Å². The Morgan fingerprint density at radius 3 is 2.70 bits per heavy atom. The third-order valence-corrected chi connectivity index (χ3v) is 3.14. The fourth-order valence-electron chi connectivity index (χ4n) is 1.96. The second kappa shape index (κ2) is 7.40. The van der Waals surface area contributed by atoms with Gasteiger partial charge < -0.3 is 9.84 Å². The molecule has 0 saturated heterocycles. The Morgan fingerprint density at radius 1 is 1.39 bits per heavy atom. The quantitative estimate of drug-likeness (QED) is 0.398. The normalized spacial score (nSPS) is 12.3. The van der Waals surface area contributed by atoms with Crippen LogP contribution in [0.1, 0.15) is 13.8 Å². The average molecular weight is 313 g/mol. The fourth-order valence-corrected chi connectivity index (χ4v) is 1.96. The molecule has 0 aliphatic carbocycles. The second-order valence-electron chi connectivity index (χ2n) is 4.86. The number of esters is 1. The molecular formula is C17H19N3O3. The number of nitrogens with zero attached hydrogens (tertiary/aromatic N) is 3. The van der Waals surface area contributed by atoms with E-state index in [1.165, 1.54) is 13.1 Å². The van der Waals surface area contributed by atoms with Gasteiger partial charge >= 0.3 is 5.97 Å². The minimum Gasteiger partial charge on any atom is -0.512 e. The molecular weight excluding hydrogens is 294 g/mol. The number of allylic oxidation sites excluding steroid dienone is 1. The highest BCUT2D eigenvalue weighted by atomic mass is 16.5. The predicted molar refractivity (Wildman–Crippen MR) is 88.8 cm³/mol. The number of carbonyl (C=O) groups excluding carboxylic acids is 1. The van der Waals surface area contributed by atoms with E-state index in [0.717, 1.165) is 11.3 Å². The molecule has 6 heteroatoms. The van der Waals surface area contributed by atoms with Crippen LogP contribution >= 0.6 is 0 Å². The summed E-state index contributed by atoms with van der Waals surface area (Å²) in [4.78, 5) is 16.0. The zero-order valence-electron chi connectivity index (χ0n) is 13.4. The monoisotopic (exact) mass is 313 g/mol. The number of aliphatic hydroxyl groups excluding tert-OH is 1. The molecule has 0 aliphatic heterocycles. The average Bonchev–Trinajstić information content (AvgIpc) is 2.89. The summed E-state index contributed by atoms with van der Waals surface area (Å²) in [6.45, 7) is 3.34. The van der Waals surface area contributed by atoms with Crippen molar-refractivity contribution in [2.24, 2.45) is 12.0 Å². The first-order chi connectivity index (χ1) is 11.0. The smallest absolute Gasteiger partial charge is 0.343 e. The molecule has 0 radical (unpaired) electrons. The van der Waals surface area contributed by atoms with Crippen molar-refractivity contribution in [2.45, 2.75) is 13.8 Å². The van der Waals surface area contributed by atoms with Gasteiger partial charge in [-0.25, -0.2) is 9.79 Å². The number of carbonyl (C=O) groups is 1. The number of hydrogen-bond acceptors (Lipinski definition) is 5. The van der Waals surface area contributed by atoms with E-state index >= 15 is 0 Å². The number of aliphatic hydroxyl groups is 1. The minimum absolute atomic E-state index is 0.0225. The Hall–Kier alpha value is -2.89. The molecule has 1 aromatic heterocycles. The SMILES string of the molecule is CCOC(=O)C(C=Nc1cc(-c2ccccc2)nn1C)=C(C)O. The molecule has 0 saturated carbocycles. The lowest BCUT2D eigenvalue weighted by Gasteiger charge is -2.02. The molecule has 2 aromatic rings. The molecule has 0 amide bonds. The lowest BCUT2D eigenvalue weighted by Crippen LogP contribution is -2.10. The van der Waals surface area contributed by atoms with Gasteiger partial charge in [-0.05, 0) is 13.8 Å². The van der Waals surface area contributed by atoms with Crippen LogP contribution in [0, 0.1) is 0 Å². The number of aryl methyl sites for hydroxylation is 1. The van der Waals surface area contributed by atoms with Crippen molar-refractivity contribution in [1.29, 1.82) is 0 Å². The van der Waals surface area contributed by atoms with Gasteiger partial charge in [0.25, 0.3) is 0 Å². The van der Waals surface area contributed by atoms with Crippen LogP contribution in [0.3, 0.4) is 0 Å². The highest BCUT2D eigenvalue weighted by molar-refractivity contribution is 6.10. The molecule has 0 spiro atoms. The zero-order valence-corrected chi connectivity index (χ0v) is 13.4. The molecule has 0 atom stereocenters. The van der Waals surface area contributed by atoms with Crippen molar-refractivity contribution in [3.8, 4) is 11.3 Å². The van der Waals surface area contributed by atoms with Gasteiger partial charge in [0.1, 0.15) is 11.3 Å². The molecule has 6 nitrogen and oxygen atoms in total. The van der Waals surface area contributed by atoms with Crippen molar-refractivity contribution in [3.63, 3.8) is 0 Å². The first kappa shape index (κ1) is 16.5. The van der Waals surface area contributed by atoms with Crippen LogP contribution in [0.2, 0.25) is 0 Å². The molecule has 0 fully saturated rings. The summed E-state index contributed by atoms with van der Waals surface area (Å²) in [5.41, 5.74) is 1.78. The Morgan fingerprint density at radius 2 is 2.09 bits per heavy atom. The van der Waals surface area contributed by atoms with Crippen molar-refractivity contribution >= 4 is 18.0 Å². The van der Waals surface area contributed by atoms with Crippen LogP contribution in [0.15, 0.2) is 52.7 Å². The van der Waals surface area contributed by atoms with E-state index in [1.807, 2.05) is 30.3 Å². The van der Waals surface area contributed by atoms with Crippen molar-refractivity contribution in [3.05, 3.63) is 47.7 Å². The highest BCUT2D eigenvalue weighted by Crippen LogP contribution is 2.22. The molecule has 23 heavy (non-hydrogen) atoms. The Kier molecular flexibility index (Phi) is 5.30. The largest absolute Gasteiger partial charge is 0.512 e. The summed E-state index contributed by atoms with van der Waals surface area (Å²) in [7, 11) is 1.76. The molecule has 1 N–H and O–H groups in total. The number of aliphatic imine (C=N–C) groups is 1. The standard InChI is InChI=1S/C17H19N3O3/c1-4-23-17(22)14(12(2)21)11-18-16-10-15(19-20(16)3)13-8-6-5-7-9-13/h5-11,21H,4H2,1-3H3. The third-order valence-electron chi connectivity index (χ3n) is 3.14. The van der Waals surface area contributed by atoms with Crippen LogP contribution in [0.5, 0.6) is 0 Å². The number of aromatic nitrogens is 2. The summed E-state index contributed by atoms with van der Waals surface area (Å²) in [5.74, 6) is -0.189. The van der Waals surface area contributed by atoms with Gasteiger partial charge in [0.2, 0.25) is 0 Å². The van der Waals surface area contributed by atoms with Gasteiger partial charge in [-0.1, -0.05) is 30.3 Å². The first-order valence-corrected chi connectivity index (χ1v) is 7.23. The summed E-state index contributed by atoms with van der Waals surface area (Å²) in [6, 6.07) is 11.5. The van der Waals surface area contributed by atoms with Crippen LogP contribution in [-0.4, -0.2) is 33.7 Å². The third kappa shape index (κ3) is 4.06.